The van der Waals surface area contributed by atoms with Crippen molar-refractivity contribution in [3.63, 3.8) is 0 Å². The molecule has 15 rings (SSSR count). The summed E-state index contributed by atoms with van der Waals surface area (Å²) in [6.07, 6.45) is 0. The van der Waals surface area contributed by atoms with Crippen LogP contribution in [0.25, 0.3) is 110 Å². The molecule has 9 aromatic carbocycles. The maximum Gasteiger partial charge on any atom is 0.252 e. The molecular formula is C54H31BN4. The van der Waals surface area contributed by atoms with Gasteiger partial charge in [0, 0.05) is 76.9 Å². The van der Waals surface area contributed by atoms with Gasteiger partial charge in [0.15, 0.2) is 0 Å². The zero-order valence-electron chi connectivity index (χ0n) is 31.8. The van der Waals surface area contributed by atoms with Gasteiger partial charge in [-0.2, -0.15) is 0 Å². The summed E-state index contributed by atoms with van der Waals surface area (Å²) < 4.78 is 10.1. The molecule has 0 fully saturated rings. The maximum atomic E-state index is 2.63. The molecule has 5 heteroatoms. The first-order valence-electron chi connectivity index (χ1n) is 20.6. The van der Waals surface area contributed by atoms with Crippen LogP contribution in [0.3, 0.4) is 0 Å². The number of para-hydroxylation sites is 6. The molecular weight excluding hydrogens is 715 g/mol. The second-order valence-electron chi connectivity index (χ2n) is 16.4. The molecule has 0 unspecified atom stereocenters. The van der Waals surface area contributed by atoms with Crippen LogP contribution in [0.15, 0.2) is 188 Å². The number of nitrogens with zero attached hydrogens (tertiary/aromatic N) is 4. The van der Waals surface area contributed by atoms with E-state index in [1.807, 2.05) is 0 Å². The molecule has 13 aromatic rings. The van der Waals surface area contributed by atoms with E-state index in [9.17, 15) is 0 Å². The van der Waals surface area contributed by atoms with Crippen molar-refractivity contribution >= 4 is 110 Å². The molecule has 4 nitrogen and oxygen atoms in total. The third-order valence-corrected chi connectivity index (χ3v) is 13.7. The fourth-order valence-electron chi connectivity index (χ4n) is 11.6. The Bertz CT molecular complexity index is 4010. The number of rotatable bonds is 2. The topological polar surface area (TPSA) is 19.7 Å². The molecule has 0 atom stereocenters. The Morgan fingerprint density at radius 2 is 0.797 bits per heavy atom. The van der Waals surface area contributed by atoms with Crippen LogP contribution in [0.2, 0.25) is 0 Å². The Hall–Kier alpha value is -7.76. The van der Waals surface area contributed by atoms with Crippen LogP contribution in [0.5, 0.6) is 0 Å². The molecule has 0 saturated heterocycles. The van der Waals surface area contributed by atoms with Crippen LogP contribution >= 0.6 is 0 Å². The first-order valence-corrected chi connectivity index (χ1v) is 20.6. The van der Waals surface area contributed by atoms with Crippen molar-refractivity contribution in [3.8, 4) is 22.7 Å². The largest absolute Gasteiger partial charge is 0.310 e. The molecule has 0 N–H and O–H groups in total. The monoisotopic (exact) mass is 746 g/mol. The van der Waals surface area contributed by atoms with Crippen LogP contribution in [0, 0.1) is 0 Å². The van der Waals surface area contributed by atoms with Crippen molar-refractivity contribution in [3.05, 3.63) is 188 Å². The lowest BCUT2D eigenvalue weighted by Gasteiger charge is -2.33. The van der Waals surface area contributed by atoms with Gasteiger partial charge in [0.25, 0.3) is 6.71 Å². The molecule has 0 radical (unpaired) electrons. The van der Waals surface area contributed by atoms with Crippen LogP contribution in [0.1, 0.15) is 0 Å². The van der Waals surface area contributed by atoms with Crippen molar-refractivity contribution in [2.75, 3.05) is 0 Å². The van der Waals surface area contributed by atoms with E-state index in [0.29, 0.717) is 0 Å². The smallest absolute Gasteiger partial charge is 0.252 e. The quantitative estimate of drug-likeness (QED) is 0.157. The fourth-order valence-corrected chi connectivity index (χ4v) is 11.6. The highest BCUT2D eigenvalue weighted by atomic mass is 15.1. The average molecular weight is 747 g/mol. The standard InChI is InChI=1S/C54H31BN4/c1-3-14-32(15-4-1)56-44-25-10-8-19-38(44)50-45(56)29-28-37-35-20-11-23-42-53(35)59(54(37)50)47-27-13-26-46-51(47)55(42)41-22-12-21-36-40-30-39-34-18-7-9-24-43(34)57(33-16-5-2-6-17-33)48(39)31-49(40)58(46)52(36)41/h1-31H. The van der Waals surface area contributed by atoms with E-state index in [1.54, 1.807) is 0 Å². The summed E-state index contributed by atoms with van der Waals surface area (Å²) in [5, 5.41) is 10.3. The number of aromatic nitrogens is 4. The van der Waals surface area contributed by atoms with Gasteiger partial charge in [0.1, 0.15) is 0 Å². The van der Waals surface area contributed by atoms with Gasteiger partial charge >= 0.3 is 0 Å². The van der Waals surface area contributed by atoms with E-state index in [-0.39, 0.29) is 6.71 Å². The Labute approximate surface area is 338 Å². The molecule has 0 aliphatic carbocycles. The molecule has 2 aliphatic heterocycles. The Morgan fingerprint density at radius 3 is 1.53 bits per heavy atom. The molecule has 0 bridgehead atoms. The minimum absolute atomic E-state index is 0.0942. The van der Waals surface area contributed by atoms with E-state index >= 15 is 0 Å². The SMILES string of the molecule is c1ccc(-n2c3ccccc3c3cc4c5cccc6c5n(c4cc32)-c2cccc3c2B6c2cccc4c5ccc6c(c7ccccc7n6-c6ccccc6)c5n-3c24)cc1. The third kappa shape index (κ3) is 3.56. The molecule has 59 heavy (non-hydrogen) atoms. The van der Waals surface area contributed by atoms with Gasteiger partial charge in [-0.05, 0) is 83.1 Å². The summed E-state index contributed by atoms with van der Waals surface area (Å²) in [6.45, 7) is 0.0942. The molecule has 270 valence electrons. The Kier molecular flexibility index (Phi) is 5.46. The van der Waals surface area contributed by atoms with Crippen molar-refractivity contribution < 1.29 is 0 Å². The first kappa shape index (κ1) is 30.4. The van der Waals surface area contributed by atoms with Gasteiger partial charge in [-0.25, -0.2) is 0 Å². The summed E-state index contributed by atoms with van der Waals surface area (Å²) in [7, 11) is 0. The van der Waals surface area contributed by atoms with E-state index in [2.05, 4.69) is 206 Å². The normalized spacial score (nSPS) is 13.1. The molecule has 0 saturated carbocycles. The van der Waals surface area contributed by atoms with Crippen molar-refractivity contribution in [1.82, 2.24) is 18.3 Å². The van der Waals surface area contributed by atoms with Gasteiger partial charge in [-0.3, -0.25) is 0 Å². The fraction of sp³-hybridized carbons (Fsp3) is 0. The van der Waals surface area contributed by atoms with E-state index in [0.717, 1.165) is 0 Å². The molecule has 4 aromatic heterocycles. The lowest BCUT2D eigenvalue weighted by atomic mass is 9.34. The van der Waals surface area contributed by atoms with Gasteiger partial charge in [-0.15, -0.1) is 0 Å². The second kappa shape index (κ2) is 10.6. The molecule has 0 spiro atoms. The zero-order chi connectivity index (χ0) is 38.1. The van der Waals surface area contributed by atoms with Gasteiger partial charge < -0.3 is 18.3 Å². The lowest BCUT2D eigenvalue weighted by Crippen LogP contribution is -2.59. The Balaban J connectivity index is 1.10. The summed E-state index contributed by atoms with van der Waals surface area (Å²) in [5.74, 6) is 0. The van der Waals surface area contributed by atoms with Crippen LogP contribution in [0.4, 0.5) is 0 Å². The highest BCUT2D eigenvalue weighted by Crippen LogP contribution is 2.45. The zero-order valence-corrected chi connectivity index (χ0v) is 31.8. The van der Waals surface area contributed by atoms with Crippen LogP contribution in [-0.4, -0.2) is 25.0 Å². The summed E-state index contributed by atoms with van der Waals surface area (Å²) in [5.41, 5.74) is 19.0. The molecule has 6 heterocycles. The summed E-state index contributed by atoms with van der Waals surface area (Å²) >= 11 is 0. The van der Waals surface area contributed by atoms with E-state index in [4.69, 9.17) is 0 Å². The third-order valence-electron chi connectivity index (χ3n) is 13.7. The van der Waals surface area contributed by atoms with Crippen molar-refractivity contribution in [2.45, 2.75) is 0 Å². The minimum atomic E-state index is 0.0942. The lowest BCUT2D eigenvalue weighted by molar-refractivity contribution is 1.14. The highest BCUT2D eigenvalue weighted by Gasteiger charge is 2.41. The summed E-state index contributed by atoms with van der Waals surface area (Å²) in [4.78, 5) is 0. The highest BCUT2D eigenvalue weighted by molar-refractivity contribution is 7.00. The van der Waals surface area contributed by atoms with Crippen LogP contribution in [-0.2, 0) is 0 Å². The predicted octanol–water partition coefficient (Wildman–Crippen LogP) is 11.2. The maximum absolute atomic E-state index is 2.63. The molecule has 2 aliphatic rings. The van der Waals surface area contributed by atoms with Crippen LogP contribution < -0.4 is 16.4 Å². The van der Waals surface area contributed by atoms with Gasteiger partial charge in [0.05, 0.1) is 33.1 Å². The minimum Gasteiger partial charge on any atom is -0.310 e. The van der Waals surface area contributed by atoms with Crippen molar-refractivity contribution in [1.29, 1.82) is 0 Å². The average Bonchev–Trinajstić information content (AvgIpc) is 4.02. The van der Waals surface area contributed by atoms with E-state index < -0.39 is 0 Å². The number of fused-ring (bicyclic) bond motifs is 17. The number of hydrogen-bond donors (Lipinski definition) is 0. The molecule has 0 amide bonds. The predicted molar refractivity (Wildman–Crippen MR) is 248 cm³/mol. The van der Waals surface area contributed by atoms with Gasteiger partial charge in [-0.1, -0.05) is 121 Å². The Morgan fingerprint density at radius 1 is 0.288 bits per heavy atom. The summed E-state index contributed by atoms with van der Waals surface area (Å²) in [6, 6.07) is 70.1. The van der Waals surface area contributed by atoms with Gasteiger partial charge in [0.2, 0.25) is 0 Å². The second-order valence-corrected chi connectivity index (χ2v) is 16.4. The van der Waals surface area contributed by atoms with Crippen molar-refractivity contribution in [2.24, 2.45) is 0 Å². The first-order chi connectivity index (χ1) is 29.3. The number of benzene rings is 9. The van der Waals surface area contributed by atoms with E-state index in [1.165, 1.54) is 126 Å². The number of hydrogen-bond acceptors (Lipinski definition) is 0.